The molecule has 0 radical (unpaired) electrons. The Kier molecular flexibility index (Phi) is 6.24. The molecule has 0 unspecified atom stereocenters. The van der Waals surface area contributed by atoms with Gasteiger partial charge in [0.15, 0.2) is 9.84 Å². The summed E-state index contributed by atoms with van der Waals surface area (Å²) in [6, 6.07) is 0. The summed E-state index contributed by atoms with van der Waals surface area (Å²) in [6.45, 7) is 2.04. The predicted octanol–water partition coefficient (Wildman–Crippen LogP) is 1.71. The van der Waals surface area contributed by atoms with E-state index in [9.17, 15) is 8.42 Å². The molecule has 0 aliphatic rings. The second-order valence-corrected chi connectivity index (χ2v) is 5.65. The second-order valence-electron chi connectivity index (χ2n) is 2.80. The number of sulfone groups is 1. The van der Waals surface area contributed by atoms with E-state index in [0.717, 1.165) is 24.7 Å². The minimum Gasteiger partial charge on any atom is -0.393 e. The number of nitrogens with two attached hydrogens (primary N) is 1. The van der Waals surface area contributed by atoms with Crippen molar-refractivity contribution in [2.75, 3.05) is 12.0 Å². The third-order valence-corrected chi connectivity index (χ3v) is 3.77. The molecule has 0 atom stereocenters. The van der Waals surface area contributed by atoms with Gasteiger partial charge in [0, 0.05) is 0 Å². The molecule has 0 saturated carbocycles. The van der Waals surface area contributed by atoms with E-state index in [1.54, 1.807) is 6.26 Å². The third kappa shape index (κ3) is 6.95. The van der Waals surface area contributed by atoms with Crippen LogP contribution in [-0.2, 0) is 9.84 Å². The highest BCUT2D eigenvalue weighted by Gasteiger charge is 2.06. The molecule has 0 aliphatic heterocycles. The van der Waals surface area contributed by atoms with E-state index >= 15 is 0 Å². The van der Waals surface area contributed by atoms with Crippen LogP contribution in [0.25, 0.3) is 0 Å². The topological polar surface area (TPSA) is 60.2 Å². The molecule has 0 saturated heterocycles. The molecule has 78 valence electrons. The average Bonchev–Trinajstić information content (AvgIpc) is 2.03. The van der Waals surface area contributed by atoms with Crippen LogP contribution in [0.1, 0.15) is 26.2 Å². The molecule has 0 amide bonds. The molecular formula is C8H17NO2S2. The van der Waals surface area contributed by atoms with Gasteiger partial charge in [0.25, 0.3) is 0 Å². The Balaban J connectivity index is 4.10. The van der Waals surface area contributed by atoms with Crippen LogP contribution in [0.4, 0.5) is 0 Å². The summed E-state index contributed by atoms with van der Waals surface area (Å²) in [5.74, 6) is 0.210. The van der Waals surface area contributed by atoms with Gasteiger partial charge in [-0.25, -0.2) is 8.42 Å². The van der Waals surface area contributed by atoms with Crippen molar-refractivity contribution in [3.05, 3.63) is 10.4 Å². The van der Waals surface area contributed by atoms with Crippen molar-refractivity contribution >= 4 is 21.6 Å². The third-order valence-electron chi connectivity index (χ3n) is 1.56. The van der Waals surface area contributed by atoms with Gasteiger partial charge in [-0.15, -0.1) is 11.8 Å². The van der Waals surface area contributed by atoms with Crippen LogP contribution in [0.15, 0.2) is 10.4 Å². The van der Waals surface area contributed by atoms with E-state index in [2.05, 4.69) is 0 Å². The quantitative estimate of drug-likeness (QED) is 0.696. The number of hydrogen-bond donors (Lipinski definition) is 1. The lowest BCUT2D eigenvalue weighted by molar-refractivity contribution is 0.599. The van der Waals surface area contributed by atoms with E-state index in [1.165, 1.54) is 11.8 Å². The molecule has 0 aliphatic carbocycles. The zero-order valence-electron chi connectivity index (χ0n) is 8.12. The van der Waals surface area contributed by atoms with Crippen molar-refractivity contribution in [2.24, 2.45) is 5.73 Å². The first kappa shape index (κ1) is 12.8. The first-order valence-corrected chi connectivity index (χ1v) is 7.19. The van der Waals surface area contributed by atoms with Gasteiger partial charge < -0.3 is 5.73 Å². The highest BCUT2D eigenvalue weighted by Crippen LogP contribution is 2.08. The van der Waals surface area contributed by atoms with Crippen molar-refractivity contribution in [1.29, 1.82) is 0 Å². The molecule has 0 fully saturated rings. The largest absolute Gasteiger partial charge is 0.393 e. The van der Waals surface area contributed by atoms with Gasteiger partial charge >= 0.3 is 0 Å². The van der Waals surface area contributed by atoms with Crippen molar-refractivity contribution in [3.8, 4) is 0 Å². The van der Waals surface area contributed by atoms with E-state index in [0.29, 0.717) is 5.03 Å². The maximum absolute atomic E-state index is 11.3. The monoisotopic (exact) mass is 223 g/mol. The standard InChI is InChI=1S/C8H17NO2S2/c1-3-4-5-6-13(10,11)7-8(9)12-2/h7H,3-6,9H2,1-2H3/b8-7-. The Bertz CT molecular complexity index is 257. The Morgan fingerprint density at radius 2 is 2.08 bits per heavy atom. The molecule has 5 heteroatoms. The number of hydrogen-bond acceptors (Lipinski definition) is 4. The molecule has 0 aromatic heterocycles. The predicted molar refractivity (Wildman–Crippen MR) is 59.1 cm³/mol. The second kappa shape index (κ2) is 6.32. The van der Waals surface area contributed by atoms with Crippen molar-refractivity contribution in [2.45, 2.75) is 26.2 Å². The molecule has 2 N–H and O–H groups in total. The van der Waals surface area contributed by atoms with Crippen molar-refractivity contribution in [1.82, 2.24) is 0 Å². The molecule has 0 heterocycles. The lowest BCUT2D eigenvalue weighted by atomic mass is 10.3. The maximum Gasteiger partial charge on any atom is 0.174 e. The summed E-state index contributed by atoms with van der Waals surface area (Å²) in [6.07, 6.45) is 4.45. The maximum atomic E-state index is 11.3. The highest BCUT2D eigenvalue weighted by atomic mass is 32.2. The molecule has 0 rings (SSSR count). The number of thioether (sulfide) groups is 1. The molecule has 0 spiro atoms. The van der Waals surface area contributed by atoms with E-state index in [-0.39, 0.29) is 5.75 Å². The zero-order chi connectivity index (χ0) is 10.3. The van der Waals surface area contributed by atoms with E-state index < -0.39 is 9.84 Å². The van der Waals surface area contributed by atoms with Crippen molar-refractivity contribution < 1.29 is 8.42 Å². The van der Waals surface area contributed by atoms with Gasteiger partial charge in [0.05, 0.1) is 16.2 Å². The fourth-order valence-electron chi connectivity index (χ4n) is 0.837. The van der Waals surface area contributed by atoms with Crippen LogP contribution in [-0.4, -0.2) is 20.4 Å². The average molecular weight is 223 g/mol. The van der Waals surface area contributed by atoms with Gasteiger partial charge in [-0.3, -0.25) is 0 Å². The lowest BCUT2D eigenvalue weighted by Gasteiger charge is -1.99. The van der Waals surface area contributed by atoms with Gasteiger partial charge in [0.2, 0.25) is 0 Å². The first-order chi connectivity index (χ1) is 6.02. The van der Waals surface area contributed by atoms with E-state index in [1.807, 2.05) is 6.92 Å². The van der Waals surface area contributed by atoms with Crippen molar-refractivity contribution in [3.63, 3.8) is 0 Å². The SMILES string of the molecule is CCCCCS(=O)(=O)/C=C(/N)SC. The summed E-state index contributed by atoms with van der Waals surface area (Å²) in [4.78, 5) is 0. The Hall–Kier alpha value is -0.160. The van der Waals surface area contributed by atoms with Crippen LogP contribution in [0.2, 0.25) is 0 Å². The fourth-order valence-corrected chi connectivity index (χ4v) is 2.74. The Morgan fingerprint density at radius 1 is 1.46 bits per heavy atom. The molecule has 0 aromatic rings. The molecular weight excluding hydrogens is 206 g/mol. The Labute approximate surface area is 84.7 Å². The summed E-state index contributed by atoms with van der Waals surface area (Å²) >= 11 is 1.25. The minimum absolute atomic E-state index is 0.210. The summed E-state index contributed by atoms with van der Waals surface area (Å²) in [7, 11) is -3.07. The molecule has 13 heavy (non-hydrogen) atoms. The van der Waals surface area contributed by atoms with Gasteiger partial charge in [-0.1, -0.05) is 19.8 Å². The molecule has 0 bridgehead atoms. The van der Waals surface area contributed by atoms with Crippen LogP contribution >= 0.6 is 11.8 Å². The highest BCUT2D eigenvalue weighted by molar-refractivity contribution is 8.03. The lowest BCUT2D eigenvalue weighted by Crippen LogP contribution is -2.05. The fraction of sp³-hybridized carbons (Fsp3) is 0.750. The molecule has 0 aromatic carbocycles. The normalized spacial score (nSPS) is 13.2. The Morgan fingerprint density at radius 3 is 2.54 bits per heavy atom. The van der Waals surface area contributed by atoms with Crippen LogP contribution < -0.4 is 5.73 Å². The summed E-state index contributed by atoms with van der Waals surface area (Å²) in [5.41, 5.74) is 5.41. The summed E-state index contributed by atoms with van der Waals surface area (Å²) in [5, 5.41) is 1.52. The van der Waals surface area contributed by atoms with Crippen LogP contribution in [0, 0.1) is 0 Å². The number of unbranched alkanes of at least 4 members (excludes halogenated alkanes) is 2. The van der Waals surface area contributed by atoms with E-state index in [4.69, 9.17) is 5.73 Å². The summed E-state index contributed by atoms with van der Waals surface area (Å²) < 4.78 is 22.6. The minimum atomic E-state index is -3.07. The van der Waals surface area contributed by atoms with Crippen LogP contribution in [0.5, 0.6) is 0 Å². The first-order valence-electron chi connectivity index (χ1n) is 4.25. The van der Waals surface area contributed by atoms with Crippen LogP contribution in [0.3, 0.4) is 0 Å². The molecule has 3 nitrogen and oxygen atoms in total. The smallest absolute Gasteiger partial charge is 0.174 e. The zero-order valence-corrected chi connectivity index (χ0v) is 9.75. The van der Waals surface area contributed by atoms with Gasteiger partial charge in [-0.05, 0) is 12.7 Å². The van der Waals surface area contributed by atoms with Gasteiger partial charge in [-0.2, -0.15) is 0 Å². The van der Waals surface area contributed by atoms with Gasteiger partial charge in [0.1, 0.15) is 0 Å². The number of rotatable bonds is 6.